The number of ether oxygens (including phenoxy) is 1. The average Bonchev–Trinajstić information content (AvgIpc) is 3.18. The molecule has 2 N–H and O–H groups in total. The van der Waals surface area contributed by atoms with Crippen molar-refractivity contribution in [2.45, 2.75) is 31.7 Å². The highest BCUT2D eigenvalue weighted by Crippen LogP contribution is 2.44. The van der Waals surface area contributed by atoms with Gasteiger partial charge in [-0.05, 0) is 42.1 Å². The molecule has 2 aliphatic rings. The number of alkyl carbamates (subject to hydrolysis) is 1. The number of carbonyl (C=O) groups is 3. The Kier molecular flexibility index (Phi) is 7.70. The highest BCUT2D eigenvalue weighted by Gasteiger charge is 2.33. The molecule has 1 aliphatic carbocycles. The van der Waals surface area contributed by atoms with E-state index in [1.807, 2.05) is 31.2 Å². The summed E-state index contributed by atoms with van der Waals surface area (Å²) < 4.78 is 5.55. The summed E-state index contributed by atoms with van der Waals surface area (Å²) in [6.07, 6.45) is 0.772. The Morgan fingerprint density at radius 1 is 1.06 bits per heavy atom. The number of piperazine rings is 1. The molecule has 0 saturated carbocycles. The molecule has 2 aromatic rings. The number of likely N-dealkylation sites (N-methyl/N-ethyl adjacent to an activating group) is 1. The minimum atomic E-state index is -0.912. The van der Waals surface area contributed by atoms with E-state index in [0.29, 0.717) is 32.5 Å². The summed E-state index contributed by atoms with van der Waals surface area (Å²) >= 11 is 0. The molecular weight excluding hydrogens is 446 g/mol. The lowest BCUT2D eigenvalue weighted by molar-refractivity contribution is -0.148. The number of benzene rings is 2. The van der Waals surface area contributed by atoms with E-state index < -0.39 is 18.1 Å². The minimum absolute atomic E-state index is 0.0176. The quantitative estimate of drug-likeness (QED) is 0.565. The first kappa shape index (κ1) is 24.7. The number of carboxylic acids is 1. The van der Waals surface area contributed by atoms with Gasteiger partial charge >= 0.3 is 12.1 Å². The van der Waals surface area contributed by atoms with E-state index in [4.69, 9.17) is 4.74 Å². The Morgan fingerprint density at radius 2 is 1.69 bits per heavy atom. The highest BCUT2D eigenvalue weighted by molar-refractivity contribution is 5.81. The molecule has 2 unspecified atom stereocenters. The van der Waals surface area contributed by atoms with Gasteiger partial charge in [0.1, 0.15) is 12.6 Å². The first-order chi connectivity index (χ1) is 16.9. The molecule has 186 valence electrons. The van der Waals surface area contributed by atoms with Crippen LogP contribution >= 0.6 is 0 Å². The molecule has 0 aromatic heterocycles. The molecule has 0 radical (unpaired) electrons. The molecule has 1 fully saturated rings. The van der Waals surface area contributed by atoms with Gasteiger partial charge in [0.25, 0.3) is 0 Å². The van der Waals surface area contributed by atoms with E-state index in [1.54, 1.807) is 16.8 Å². The number of carbonyl (C=O) groups excluding carboxylic acids is 2. The van der Waals surface area contributed by atoms with Gasteiger partial charge in [0.05, 0.1) is 0 Å². The Hall–Kier alpha value is -3.39. The summed E-state index contributed by atoms with van der Waals surface area (Å²) in [4.78, 5) is 39.9. The van der Waals surface area contributed by atoms with Crippen molar-refractivity contribution >= 4 is 18.0 Å². The molecule has 2 amide bonds. The van der Waals surface area contributed by atoms with Crippen molar-refractivity contribution in [1.82, 2.24) is 15.1 Å². The number of hydrogen-bond acceptors (Lipinski definition) is 5. The number of rotatable bonds is 8. The standard InChI is InChI=1S/C27H33N3O5/c1-18(25(31)30-15-14-29(2)24(16-30)26(32)33)8-7-13-28-27(34)35-17-23-21-11-5-3-9-19(21)20-10-4-6-12-22(20)23/h3-6,9-12,18,23-24H,7-8,13-17H2,1-2H3,(H,28,34)(H,32,33). The molecule has 1 saturated heterocycles. The van der Waals surface area contributed by atoms with E-state index in [1.165, 1.54) is 22.3 Å². The predicted molar refractivity (Wildman–Crippen MR) is 132 cm³/mol. The van der Waals surface area contributed by atoms with Gasteiger partial charge in [0.15, 0.2) is 0 Å². The van der Waals surface area contributed by atoms with E-state index >= 15 is 0 Å². The molecule has 8 heteroatoms. The van der Waals surface area contributed by atoms with E-state index in [2.05, 4.69) is 29.6 Å². The fourth-order valence-corrected chi connectivity index (χ4v) is 5.02. The summed E-state index contributed by atoms with van der Waals surface area (Å²) in [5, 5.41) is 12.1. The van der Waals surface area contributed by atoms with Crippen molar-refractivity contribution in [3.8, 4) is 11.1 Å². The predicted octanol–water partition coefficient (Wildman–Crippen LogP) is 3.17. The van der Waals surface area contributed by atoms with Gasteiger partial charge in [0.2, 0.25) is 5.91 Å². The number of nitrogens with zero attached hydrogens (tertiary/aromatic N) is 2. The second-order valence-electron chi connectivity index (χ2n) is 9.41. The first-order valence-electron chi connectivity index (χ1n) is 12.2. The number of fused-ring (bicyclic) bond motifs is 3. The smallest absolute Gasteiger partial charge is 0.407 e. The summed E-state index contributed by atoms with van der Waals surface area (Å²) in [5.74, 6) is -1.17. The van der Waals surface area contributed by atoms with Crippen LogP contribution in [-0.2, 0) is 14.3 Å². The van der Waals surface area contributed by atoms with Crippen LogP contribution in [0.3, 0.4) is 0 Å². The van der Waals surface area contributed by atoms with Crippen LogP contribution in [0.2, 0.25) is 0 Å². The molecule has 35 heavy (non-hydrogen) atoms. The third-order valence-corrected chi connectivity index (χ3v) is 7.09. The third-order valence-electron chi connectivity index (χ3n) is 7.09. The van der Waals surface area contributed by atoms with E-state index in [9.17, 15) is 19.5 Å². The first-order valence-corrected chi connectivity index (χ1v) is 12.2. The van der Waals surface area contributed by atoms with E-state index in [0.717, 1.165) is 0 Å². The average molecular weight is 480 g/mol. The second-order valence-corrected chi connectivity index (χ2v) is 9.41. The largest absolute Gasteiger partial charge is 0.480 e. The number of amides is 2. The number of aliphatic carboxylic acids is 1. The Labute approximate surface area is 205 Å². The zero-order chi connectivity index (χ0) is 24.9. The Morgan fingerprint density at radius 3 is 2.31 bits per heavy atom. The molecule has 1 heterocycles. The lowest BCUT2D eigenvalue weighted by Gasteiger charge is -2.38. The second kappa shape index (κ2) is 10.9. The van der Waals surface area contributed by atoms with Crippen molar-refractivity contribution in [2.24, 2.45) is 5.92 Å². The maximum Gasteiger partial charge on any atom is 0.407 e. The molecular formula is C27H33N3O5. The fourth-order valence-electron chi connectivity index (χ4n) is 5.02. The van der Waals surface area contributed by atoms with Crippen LogP contribution in [-0.4, -0.2) is 78.8 Å². The molecule has 2 aromatic carbocycles. The summed E-state index contributed by atoms with van der Waals surface area (Å²) in [7, 11) is 1.76. The van der Waals surface area contributed by atoms with Crippen LogP contribution in [0.5, 0.6) is 0 Å². The van der Waals surface area contributed by atoms with Crippen LogP contribution < -0.4 is 5.32 Å². The van der Waals surface area contributed by atoms with E-state index in [-0.39, 0.29) is 30.9 Å². The summed E-state index contributed by atoms with van der Waals surface area (Å²) in [5.41, 5.74) is 4.71. The van der Waals surface area contributed by atoms with Crippen molar-refractivity contribution in [2.75, 3.05) is 39.8 Å². The molecule has 4 rings (SSSR count). The SMILES string of the molecule is CC(CCCNC(=O)OCC1c2ccccc2-c2ccccc21)C(=O)N1CCN(C)C(C(=O)O)C1. The van der Waals surface area contributed by atoms with Crippen molar-refractivity contribution in [3.05, 3.63) is 59.7 Å². The van der Waals surface area contributed by atoms with Crippen LogP contribution in [0.1, 0.15) is 36.8 Å². The summed E-state index contributed by atoms with van der Waals surface area (Å²) in [6.45, 7) is 3.80. The fraction of sp³-hybridized carbons (Fsp3) is 0.444. The maximum absolute atomic E-state index is 12.8. The number of nitrogens with one attached hydrogen (secondary N) is 1. The van der Waals surface area contributed by atoms with Gasteiger partial charge < -0.3 is 20.1 Å². The Bertz CT molecular complexity index is 1040. The number of carboxylic acid groups (broad SMARTS) is 1. The molecule has 0 spiro atoms. The zero-order valence-electron chi connectivity index (χ0n) is 20.3. The van der Waals surface area contributed by atoms with Crippen molar-refractivity contribution in [1.29, 1.82) is 0 Å². The lowest BCUT2D eigenvalue weighted by Crippen LogP contribution is -2.57. The summed E-state index contributed by atoms with van der Waals surface area (Å²) in [6, 6.07) is 15.7. The van der Waals surface area contributed by atoms with Crippen molar-refractivity contribution in [3.63, 3.8) is 0 Å². The lowest BCUT2D eigenvalue weighted by atomic mass is 9.98. The normalized spacial score (nSPS) is 18.5. The van der Waals surface area contributed by atoms with Crippen LogP contribution in [0.25, 0.3) is 11.1 Å². The van der Waals surface area contributed by atoms with Gasteiger partial charge in [-0.1, -0.05) is 55.5 Å². The Balaban J connectivity index is 1.20. The monoisotopic (exact) mass is 479 g/mol. The van der Waals surface area contributed by atoms with Crippen LogP contribution in [0.4, 0.5) is 4.79 Å². The van der Waals surface area contributed by atoms with Gasteiger partial charge in [-0.2, -0.15) is 0 Å². The third kappa shape index (κ3) is 5.48. The van der Waals surface area contributed by atoms with Gasteiger partial charge in [-0.15, -0.1) is 0 Å². The molecule has 2 atom stereocenters. The van der Waals surface area contributed by atoms with Crippen LogP contribution in [0.15, 0.2) is 48.5 Å². The molecule has 0 bridgehead atoms. The topological polar surface area (TPSA) is 99.2 Å². The van der Waals surface area contributed by atoms with Gasteiger partial charge in [-0.3, -0.25) is 14.5 Å². The van der Waals surface area contributed by atoms with Crippen LogP contribution in [0, 0.1) is 5.92 Å². The molecule has 1 aliphatic heterocycles. The number of hydrogen-bond donors (Lipinski definition) is 2. The molecule has 8 nitrogen and oxygen atoms in total. The highest BCUT2D eigenvalue weighted by atomic mass is 16.5. The van der Waals surface area contributed by atoms with Crippen molar-refractivity contribution < 1.29 is 24.2 Å². The van der Waals surface area contributed by atoms with Gasteiger partial charge in [0, 0.05) is 38.0 Å². The van der Waals surface area contributed by atoms with Gasteiger partial charge in [-0.25, -0.2) is 4.79 Å². The zero-order valence-corrected chi connectivity index (χ0v) is 20.3. The maximum atomic E-state index is 12.8. The minimum Gasteiger partial charge on any atom is -0.480 e.